The molecule has 0 bridgehead atoms. The fraction of sp³-hybridized carbons (Fsp3) is 0.895. The highest BCUT2D eigenvalue weighted by Crippen LogP contribution is 2.24. The van der Waals surface area contributed by atoms with E-state index in [1.165, 1.54) is 0 Å². The van der Waals surface area contributed by atoms with Gasteiger partial charge < -0.3 is 26.0 Å². The van der Waals surface area contributed by atoms with Gasteiger partial charge in [-0.15, -0.1) is 0 Å². The molecule has 31 heavy (non-hydrogen) atoms. The Balaban J connectivity index is 1.24. The van der Waals surface area contributed by atoms with E-state index in [1.54, 1.807) is 5.01 Å². The van der Waals surface area contributed by atoms with Crippen LogP contribution in [-0.4, -0.2) is 122 Å². The SMILES string of the molecule is NC1NN2CC(F)CNC2C1C(=O)NC1CNCCC1N1CCN2C(=O)COCC2C1. The van der Waals surface area contributed by atoms with E-state index >= 15 is 0 Å². The zero-order valence-electron chi connectivity index (χ0n) is 17.6. The second-order valence-electron chi connectivity index (χ2n) is 9.21. The summed E-state index contributed by atoms with van der Waals surface area (Å²) in [6.45, 7) is 4.98. The molecule has 2 amide bonds. The minimum absolute atomic E-state index is 0.0632. The minimum atomic E-state index is -0.987. The molecule has 0 saturated carbocycles. The lowest BCUT2D eigenvalue weighted by molar-refractivity contribution is -0.153. The molecule has 0 spiro atoms. The summed E-state index contributed by atoms with van der Waals surface area (Å²) in [6.07, 6.45) is -0.949. The second kappa shape index (κ2) is 8.85. The van der Waals surface area contributed by atoms with Crippen molar-refractivity contribution in [1.82, 2.24) is 36.2 Å². The van der Waals surface area contributed by atoms with Crippen molar-refractivity contribution in [2.24, 2.45) is 11.7 Å². The molecule has 5 aliphatic heterocycles. The number of rotatable bonds is 3. The third-order valence-electron chi connectivity index (χ3n) is 7.24. The summed E-state index contributed by atoms with van der Waals surface area (Å²) in [6, 6.07) is 0.190. The number of fused-ring (bicyclic) bond motifs is 2. The van der Waals surface area contributed by atoms with Crippen molar-refractivity contribution >= 4 is 11.8 Å². The van der Waals surface area contributed by atoms with Gasteiger partial charge in [-0.25, -0.2) is 14.8 Å². The van der Waals surface area contributed by atoms with E-state index in [2.05, 4.69) is 26.3 Å². The first kappa shape index (κ1) is 21.4. The maximum Gasteiger partial charge on any atom is 0.248 e. The van der Waals surface area contributed by atoms with Crippen LogP contribution in [-0.2, 0) is 14.3 Å². The molecule has 0 radical (unpaired) electrons. The van der Waals surface area contributed by atoms with Gasteiger partial charge in [0.15, 0.2) is 0 Å². The Bertz CT molecular complexity index is 701. The van der Waals surface area contributed by atoms with Crippen molar-refractivity contribution < 1.29 is 18.7 Å². The summed E-state index contributed by atoms with van der Waals surface area (Å²) in [5, 5.41) is 11.4. The maximum atomic E-state index is 13.7. The standard InChI is InChI=1S/C19H33FN8O3/c20-11-5-23-18-16(17(21)25-28(18)7-11)19(30)24-13-6-22-2-1-14(13)26-3-4-27-12(8-26)9-31-10-15(27)29/h11-14,16-18,22-23,25H,1-10,21H2,(H,24,30). The lowest BCUT2D eigenvalue weighted by atomic mass is 9.95. The summed E-state index contributed by atoms with van der Waals surface area (Å²) in [5.74, 6) is -0.559. The lowest BCUT2D eigenvalue weighted by Crippen LogP contribution is -2.67. The number of piperazine rings is 1. The van der Waals surface area contributed by atoms with Crippen molar-refractivity contribution in [3.63, 3.8) is 0 Å². The number of carbonyl (C=O) groups excluding carboxylic acids is 2. The molecule has 5 aliphatic rings. The summed E-state index contributed by atoms with van der Waals surface area (Å²) < 4.78 is 19.2. The Morgan fingerprint density at radius 1 is 1.26 bits per heavy atom. The number of nitrogens with zero attached hydrogens (tertiary/aromatic N) is 3. The van der Waals surface area contributed by atoms with Gasteiger partial charge in [0.05, 0.1) is 36.9 Å². The smallest absolute Gasteiger partial charge is 0.248 e. The molecular formula is C19H33FN8O3. The van der Waals surface area contributed by atoms with Crippen LogP contribution in [0.4, 0.5) is 4.39 Å². The van der Waals surface area contributed by atoms with E-state index in [1.807, 2.05) is 4.90 Å². The Labute approximate surface area is 181 Å². The number of halogens is 1. The number of hydrazine groups is 1. The van der Waals surface area contributed by atoms with Gasteiger partial charge in [0, 0.05) is 45.3 Å². The van der Waals surface area contributed by atoms with E-state index in [-0.39, 0.29) is 55.8 Å². The molecule has 5 fully saturated rings. The van der Waals surface area contributed by atoms with Gasteiger partial charge in [0.2, 0.25) is 11.8 Å². The van der Waals surface area contributed by atoms with Gasteiger partial charge in [0.1, 0.15) is 12.8 Å². The number of nitrogens with one attached hydrogen (secondary N) is 4. The fourth-order valence-electron chi connectivity index (χ4n) is 5.70. The van der Waals surface area contributed by atoms with Crippen LogP contribution in [0.15, 0.2) is 0 Å². The molecule has 6 N–H and O–H groups in total. The molecule has 7 unspecified atom stereocenters. The molecule has 174 valence electrons. The van der Waals surface area contributed by atoms with Crippen LogP contribution in [0.2, 0.25) is 0 Å². The second-order valence-corrected chi connectivity index (χ2v) is 9.21. The lowest BCUT2D eigenvalue weighted by Gasteiger charge is -2.49. The molecular weight excluding hydrogens is 407 g/mol. The van der Waals surface area contributed by atoms with E-state index in [0.29, 0.717) is 19.7 Å². The third kappa shape index (κ3) is 4.17. The quantitative estimate of drug-likeness (QED) is 0.302. The van der Waals surface area contributed by atoms with Crippen molar-refractivity contribution in [1.29, 1.82) is 0 Å². The average molecular weight is 441 g/mol. The van der Waals surface area contributed by atoms with E-state index in [9.17, 15) is 14.0 Å². The number of hydrogen-bond acceptors (Lipinski definition) is 9. The van der Waals surface area contributed by atoms with Crippen LogP contribution in [0, 0.1) is 5.92 Å². The van der Waals surface area contributed by atoms with Gasteiger partial charge in [-0.05, 0) is 13.0 Å². The van der Waals surface area contributed by atoms with Crippen LogP contribution < -0.4 is 27.1 Å². The average Bonchev–Trinajstić information content (AvgIpc) is 3.09. The molecule has 7 atom stereocenters. The molecule has 12 heteroatoms. The number of nitrogens with two attached hydrogens (primary N) is 1. The zero-order valence-corrected chi connectivity index (χ0v) is 17.6. The Morgan fingerprint density at radius 2 is 2.13 bits per heavy atom. The molecule has 5 rings (SSSR count). The van der Waals surface area contributed by atoms with Crippen molar-refractivity contribution in [3.05, 3.63) is 0 Å². The van der Waals surface area contributed by atoms with Crippen LogP contribution in [0.5, 0.6) is 0 Å². The van der Waals surface area contributed by atoms with Gasteiger partial charge in [-0.1, -0.05) is 0 Å². The molecule has 0 aliphatic carbocycles. The van der Waals surface area contributed by atoms with Crippen molar-refractivity contribution in [2.45, 2.75) is 43.0 Å². The largest absolute Gasteiger partial charge is 0.369 e. The highest BCUT2D eigenvalue weighted by molar-refractivity contribution is 5.81. The molecule has 5 heterocycles. The van der Waals surface area contributed by atoms with E-state index < -0.39 is 18.3 Å². The predicted molar refractivity (Wildman–Crippen MR) is 109 cm³/mol. The van der Waals surface area contributed by atoms with Gasteiger partial charge in [-0.2, -0.15) is 0 Å². The Kier molecular flexibility index (Phi) is 6.12. The van der Waals surface area contributed by atoms with E-state index in [4.69, 9.17) is 10.5 Å². The fourth-order valence-corrected chi connectivity index (χ4v) is 5.70. The number of amides is 2. The number of piperidine rings is 1. The molecule has 0 aromatic heterocycles. The Hall–Kier alpha value is -1.41. The number of carbonyl (C=O) groups is 2. The molecule has 0 aromatic carbocycles. The summed E-state index contributed by atoms with van der Waals surface area (Å²) >= 11 is 0. The Morgan fingerprint density at radius 3 is 3.00 bits per heavy atom. The predicted octanol–water partition coefficient (Wildman–Crippen LogP) is -3.64. The zero-order chi connectivity index (χ0) is 21.5. The van der Waals surface area contributed by atoms with E-state index in [0.717, 1.165) is 26.1 Å². The highest BCUT2D eigenvalue weighted by Gasteiger charge is 2.48. The summed E-state index contributed by atoms with van der Waals surface area (Å²) in [4.78, 5) is 29.7. The molecule has 0 aromatic rings. The van der Waals surface area contributed by atoms with Crippen molar-refractivity contribution in [2.75, 3.05) is 59.0 Å². The van der Waals surface area contributed by atoms with Crippen LogP contribution in [0.1, 0.15) is 6.42 Å². The number of morpholine rings is 1. The first-order valence-electron chi connectivity index (χ1n) is 11.3. The summed E-state index contributed by atoms with van der Waals surface area (Å²) in [5.41, 5.74) is 9.24. The first-order chi connectivity index (χ1) is 15.0. The topological polar surface area (TPSA) is 127 Å². The van der Waals surface area contributed by atoms with Gasteiger partial charge >= 0.3 is 0 Å². The number of alkyl halides is 1. The third-order valence-corrected chi connectivity index (χ3v) is 7.24. The summed E-state index contributed by atoms with van der Waals surface area (Å²) in [7, 11) is 0. The van der Waals surface area contributed by atoms with Crippen molar-refractivity contribution in [3.8, 4) is 0 Å². The van der Waals surface area contributed by atoms with Crippen LogP contribution in [0.3, 0.4) is 0 Å². The van der Waals surface area contributed by atoms with Crippen LogP contribution >= 0.6 is 0 Å². The number of hydrogen-bond donors (Lipinski definition) is 5. The monoisotopic (exact) mass is 440 g/mol. The van der Waals surface area contributed by atoms with Crippen LogP contribution in [0.25, 0.3) is 0 Å². The molecule has 11 nitrogen and oxygen atoms in total. The minimum Gasteiger partial charge on any atom is -0.369 e. The normalized spacial score (nSPS) is 42.2. The molecule has 5 saturated heterocycles. The number of ether oxygens (including phenoxy) is 1. The highest BCUT2D eigenvalue weighted by atomic mass is 19.1. The van der Waals surface area contributed by atoms with Gasteiger partial charge in [-0.3, -0.25) is 19.8 Å². The maximum absolute atomic E-state index is 13.7. The van der Waals surface area contributed by atoms with Gasteiger partial charge in [0.25, 0.3) is 0 Å². The first-order valence-corrected chi connectivity index (χ1v) is 11.3.